The van der Waals surface area contributed by atoms with Crippen LogP contribution in [0.25, 0.3) is 0 Å². The second-order valence-corrected chi connectivity index (χ2v) is 8.16. The van der Waals surface area contributed by atoms with Crippen LogP contribution in [0.4, 0.5) is 20.2 Å². The number of aliphatic carboxylic acids is 1. The molecule has 30 heavy (non-hydrogen) atoms. The van der Waals surface area contributed by atoms with Gasteiger partial charge in [-0.2, -0.15) is 0 Å². The Morgan fingerprint density at radius 3 is 2.50 bits per heavy atom. The molecule has 3 aliphatic rings. The summed E-state index contributed by atoms with van der Waals surface area (Å²) in [6.07, 6.45) is 3.09. The molecule has 1 saturated heterocycles. The van der Waals surface area contributed by atoms with Crippen LogP contribution in [0.15, 0.2) is 35.3 Å². The highest BCUT2D eigenvalue weighted by Crippen LogP contribution is 2.46. The summed E-state index contributed by atoms with van der Waals surface area (Å²) in [4.78, 5) is 20.1. The molecule has 0 aromatic heterocycles. The summed E-state index contributed by atoms with van der Waals surface area (Å²) in [6, 6.07) is 6.81. The van der Waals surface area contributed by atoms with E-state index in [1.165, 1.54) is 30.3 Å². The van der Waals surface area contributed by atoms with Crippen LogP contribution in [0.1, 0.15) is 18.4 Å². The molecule has 8 heteroatoms. The fraction of sp³-hybridized carbons (Fsp3) is 0.364. The van der Waals surface area contributed by atoms with Crippen LogP contribution in [0.2, 0.25) is 0 Å². The average molecular weight is 413 g/mol. The first-order valence-corrected chi connectivity index (χ1v) is 9.99. The smallest absolute Gasteiger partial charge is 0.310 e. The number of piperazine rings is 1. The molecule has 0 bridgehead atoms. The zero-order chi connectivity index (χ0) is 20.9. The maximum Gasteiger partial charge on any atom is 0.310 e. The molecule has 5 rings (SSSR count). The molecular formula is C22H21F2N3O3. The van der Waals surface area contributed by atoms with Crippen LogP contribution in [0, 0.1) is 17.0 Å². The third kappa shape index (κ3) is 3.41. The van der Waals surface area contributed by atoms with Gasteiger partial charge in [-0.3, -0.25) is 14.7 Å². The summed E-state index contributed by atoms with van der Waals surface area (Å²) in [5, 5.41) is 9.41. The number of hydrogen-bond acceptors (Lipinski definition) is 5. The maximum absolute atomic E-state index is 14.4. The van der Waals surface area contributed by atoms with Gasteiger partial charge in [0.1, 0.15) is 23.1 Å². The van der Waals surface area contributed by atoms with E-state index in [1.54, 1.807) is 6.21 Å². The van der Waals surface area contributed by atoms with Gasteiger partial charge in [0.05, 0.1) is 16.7 Å². The number of carboxylic acids is 1. The van der Waals surface area contributed by atoms with Crippen molar-refractivity contribution in [3.63, 3.8) is 0 Å². The lowest BCUT2D eigenvalue weighted by molar-refractivity contribution is -0.144. The highest BCUT2D eigenvalue weighted by atomic mass is 19.1. The summed E-state index contributed by atoms with van der Waals surface area (Å²) in [7, 11) is 0. The molecule has 2 fully saturated rings. The largest absolute Gasteiger partial charge is 0.481 e. The topological polar surface area (TPSA) is 65.4 Å². The minimum atomic E-state index is -0.718. The van der Waals surface area contributed by atoms with Crippen LogP contribution in [-0.2, 0) is 4.79 Å². The Labute approximate surface area is 172 Å². The Hall–Kier alpha value is -3.00. The third-order valence-corrected chi connectivity index (χ3v) is 6.11. The number of hydrogen-bond donors (Lipinski definition) is 1. The Morgan fingerprint density at radius 2 is 1.80 bits per heavy atom. The maximum atomic E-state index is 14.4. The van der Waals surface area contributed by atoms with E-state index in [1.807, 2.05) is 0 Å². The van der Waals surface area contributed by atoms with Gasteiger partial charge in [0.25, 0.3) is 0 Å². The number of ether oxygens (including phenoxy) is 1. The van der Waals surface area contributed by atoms with Crippen molar-refractivity contribution in [3.05, 3.63) is 47.5 Å². The van der Waals surface area contributed by atoms with Crippen LogP contribution in [0.5, 0.6) is 11.5 Å². The van der Waals surface area contributed by atoms with E-state index in [2.05, 4.69) is 14.8 Å². The fourth-order valence-electron chi connectivity index (χ4n) is 4.15. The quantitative estimate of drug-likeness (QED) is 0.705. The Kier molecular flexibility index (Phi) is 4.47. The lowest BCUT2D eigenvalue weighted by Gasteiger charge is -2.37. The second-order valence-electron chi connectivity index (χ2n) is 8.16. The summed E-state index contributed by atoms with van der Waals surface area (Å²) in [5.41, 5.74) is 1.21. The van der Waals surface area contributed by atoms with E-state index < -0.39 is 23.0 Å². The van der Waals surface area contributed by atoms with Crippen LogP contribution >= 0.6 is 0 Å². The van der Waals surface area contributed by atoms with E-state index in [0.717, 1.165) is 12.8 Å². The highest BCUT2D eigenvalue weighted by Gasteiger charge is 2.51. The number of rotatable bonds is 4. The highest BCUT2D eigenvalue weighted by molar-refractivity contribution is 5.94. The molecule has 0 amide bonds. The first-order valence-electron chi connectivity index (χ1n) is 9.99. The Bertz CT molecular complexity index is 1040. The van der Waals surface area contributed by atoms with Crippen LogP contribution < -0.4 is 9.64 Å². The van der Waals surface area contributed by atoms with Crippen molar-refractivity contribution >= 4 is 23.6 Å². The van der Waals surface area contributed by atoms with Crippen molar-refractivity contribution < 1.29 is 23.4 Å². The number of nitrogens with zero attached hydrogens (tertiary/aromatic N) is 3. The van der Waals surface area contributed by atoms with E-state index in [0.29, 0.717) is 55.4 Å². The third-order valence-electron chi connectivity index (χ3n) is 6.11. The first kappa shape index (κ1) is 19.0. The normalized spacial score (nSPS) is 19.5. The zero-order valence-electron chi connectivity index (χ0n) is 16.3. The lowest BCUT2D eigenvalue weighted by atomic mass is 10.1. The zero-order valence-corrected chi connectivity index (χ0v) is 16.3. The molecule has 6 nitrogen and oxygen atoms in total. The van der Waals surface area contributed by atoms with Gasteiger partial charge >= 0.3 is 5.97 Å². The Balaban J connectivity index is 1.38. The monoisotopic (exact) mass is 413 g/mol. The van der Waals surface area contributed by atoms with Gasteiger partial charge in [0, 0.05) is 51.1 Å². The summed E-state index contributed by atoms with van der Waals surface area (Å²) in [6.45, 7) is 3.23. The van der Waals surface area contributed by atoms with Gasteiger partial charge in [0.2, 0.25) is 0 Å². The van der Waals surface area contributed by atoms with Crippen molar-refractivity contribution in [2.24, 2.45) is 10.4 Å². The average Bonchev–Trinajstić information content (AvgIpc) is 3.51. The standard InChI is InChI=1S/C22H21F2N3O3/c23-14-1-2-17-20(10-14)30-19-11-15(24)9-18(16(19)12-25-17)27-7-5-26(6-8-27)13-22(3-4-22)21(28)29/h1-2,9-12H,3-8,13H2,(H,28,29). The summed E-state index contributed by atoms with van der Waals surface area (Å²) >= 11 is 0. The molecule has 156 valence electrons. The van der Waals surface area contributed by atoms with E-state index in [-0.39, 0.29) is 5.75 Å². The van der Waals surface area contributed by atoms with E-state index in [9.17, 15) is 18.7 Å². The van der Waals surface area contributed by atoms with Crippen molar-refractivity contribution in [1.29, 1.82) is 0 Å². The number of anilines is 1. The first-order chi connectivity index (χ1) is 14.4. The molecule has 2 aliphatic heterocycles. The second kappa shape index (κ2) is 7.05. The molecule has 1 N–H and O–H groups in total. The van der Waals surface area contributed by atoms with Crippen molar-refractivity contribution in [2.45, 2.75) is 12.8 Å². The van der Waals surface area contributed by atoms with Gasteiger partial charge in [-0.25, -0.2) is 8.78 Å². The minimum absolute atomic E-state index is 0.245. The molecule has 0 unspecified atom stereocenters. The predicted molar refractivity (Wildman–Crippen MR) is 108 cm³/mol. The van der Waals surface area contributed by atoms with Gasteiger partial charge in [-0.1, -0.05) is 0 Å². The number of fused-ring (bicyclic) bond motifs is 2. The van der Waals surface area contributed by atoms with Crippen LogP contribution in [-0.4, -0.2) is 54.9 Å². The lowest BCUT2D eigenvalue weighted by Crippen LogP contribution is -2.49. The van der Waals surface area contributed by atoms with E-state index >= 15 is 0 Å². The molecule has 2 aromatic carbocycles. The SMILES string of the molecule is O=C(O)C1(CN2CCN(c3cc(F)cc4c3C=Nc3ccc(F)cc3O4)CC2)CC1. The predicted octanol–water partition coefficient (Wildman–Crippen LogP) is 3.81. The molecule has 1 aliphatic carbocycles. The van der Waals surface area contributed by atoms with Crippen molar-refractivity contribution in [1.82, 2.24) is 4.90 Å². The van der Waals surface area contributed by atoms with Crippen molar-refractivity contribution in [2.75, 3.05) is 37.6 Å². The summed E-state index contributed by atoms with van der Waals surface area (Å²) < 4.78 is 33.8. The molecule has 2 heterocycles. The van der Waals surface area contributed by atoms with Gasteiger partial charge in [0.15, 0.2) is 5.75 Å². The number of carbonyl (C=O) groups is 1. The number of benzene rings is 2. The van der Waals surface area contributed by atoms with Gasteiger partial charge < -0.3 is 14.7 Å². The van der Waals surface area contributed by atoms with Gasteiger partial charge in [-0.05, 0) is 31.0 Å². The Morgan fingerprint density at radius 1 is 1.07 bits per heavy atom. The molecule has 1 saturated carbocycles. The van der Waals surface area contributed by atoms with E-state index in [4.69, 9.17) is 4.74 Å². The van der Waals surface area contributed by atoms with Gasteiger partial charge in [-0.15, -0.1) is 0 Å². The summed E-state index contributed by atoms with van der Waals surface area (Å²) in [5.74, 6) is -1.07. The molecule has 0 atom stereocenters. The number of aliphatic imine (C=N–C) groups is 1. The minimum Gasteiger partial charge on any atom is -0.481 e. The number of halogens is 2. The molecule has 2 aromatic rings. The van der Waals surface area contributed by atoms with Crippen molar-refractivity contribution in [3.8, 4) is 11.5 Å². The molecule has 0 spiro atoms. The molecule has 0 radical (unpaired) electrons. The van der Waals surface area contributed by atoms with Crippen LogP contribution in [0.3, 0.4) is 0 Å². The molecular weight excluding hydrogens is 392 g/mol. The fourth-order valence-corrected chi connectivity index (χ4v) is 4.15. The number of carboxylic acid groups (broad SMARTS) is 1.